The molecule has 0 bridgehead atoms. The summed E-state index contributed by atoms with van der Waals surface area (Å²) in [4.78, 5) is 25.0. The first-order chi connectivity index (χ1) is 8.68. The molecule has 0 saturated carbocycles. The molecule has 5 nitrogen and oxygen atoms in total. The molecule has 2 aliphatic heterocycles. The van der Waals surface area contributed by atoms with Gasteiger partial charge in [0.1, 0.15) is 6.04 Å². The highest BCUT2D eigenvalue weighted by Gasteiger charge is 2.32. The number of amides is 2. The fourth-order valence-corrected chi connectivity index (χ4v) is 3.00. The van der Waals surface area contributed by atoms with E-state index in [4.69, 9.17) is 5.73 Å². The molecule has 1 unspecified atom stereocenters. The zero-order chi connectivity index (χ0) is 13.0. The van der Waals surface area contributed by atoms with Gasteiger partial charge >= 0.3 is 0 Å². The molecule has 2 fully saturated rings. The van der Waals surface area contributed by atoms with Crippen LogP contribution in [0.2, 0.25) is 0 Å². The fraction of sp³-hybridized carbons (Fsp3) is 0.846. The molecule has 2 saturated heterocycles. The highest BCUT2D eigenvalue weighted by Crippen LogP contribution is 2.22. The molecule has 0 aromatic heterocycles. The fourth-order valence-electron chi connectivity index (χ4n) is 3.00. The Morgan fingerprint density at radius 2 is 1.89 bits per heavy atom. The van der Waals surface area contributed by atoms with Crippen molar-refractivity contribution < 1.29 is 9.59 Å². The third-order valence-corrected chi connectivity index (χ3v) is 4.13. The van der Waals surface area contributed by atoms with E-state index in [9.17, 15) is 9.59 Å². The lowest BCUT2D eigenvalue weighted by molar-refractivity contribution is -0.137. The van der Waals surface area contributed by atoms with Gasteiger partial charge in [0.15, 0.2) is 0 Å². The third kappa shape index (κ3) is 4.35. The Morgan fingerprint density at radius 3 is 2.53 bits per heavy atom. The van der Waals surface area contributed by atoms with Crippen LogP contribution in [0, 0.1) is 5.92 Å². The van der Waals surface area contributed by atoms with E-state index in [1.54, 1.807) is 4.90 Å². The molecule has 2 aliphatic rings. The van der Waals surface area contributed by atoms with E-state index in [-0.39, 0.29) is 30.3 Å². The van der Waals surface area contributed by atoms with Crippen molar-refractivity contribution in [1.82, 2.24) is 10.2 Å². The maximum atomic E-state index is 12.1. The molecule has 3 N–H and O–H groups in total. The first kappa shape index (κ1) is 16.2. The largest absolute Gasteiger partial charge is 0.368 e. The molecule has 0 spiro atoms. The van der Waals surface area contributed by atoms with Crippen molar-refractivity contribution in [1.29, 1.82) is 0 Å². The van der Waals surface area contributed by atoms with Crippen LogP contribution in [0.5, 0.6) is 0 Å². The maximum absolute atomic E-state index is 12.1. The lowest BCUT2D eigenvalue weighted by Gasteiger charge is -2.25. The molecule has 0 radical (unpaired) electrons. The Balaban J connectivity index is 0.00000180. The van der Waals surface area contributed by atoms with Gasteiger partial charge in [0.05, 0.1) is 0 Å². The van der Waals surface area contributed by atoms with Crippen molar-refractivity contribution in [3.05, 3.63) is 0 Å². The zero-order valence-corrected chi connectivity index (χ0v) is 12.1. The Morgan fingerprint density at radius 1 is 1.21 bits per heavy atom. The van der Waals surface area contributed by atoms with Crippen molar-refractivity contribution >= 4 is 24.2 Å². The second-order valence-corrected chi connectivity index (χ2v) is 5.38. The summed E-state index contributed by atoms with van der Waals surface area (Å²) in [5, 5.41) is 3.32. The molecular weight excluding hydrogens is 266 g/mol. The normalized spacial score (nSPS) is 24.0. The second kappa shape index (κ2) is 7.70. The van der Waals surface area contributed by atoms with E-state index in [2.05, 4.69) is 5.32 Å². The molecule has 2 amide bonds. The highest BCUT2D eigenvalue weighted by molar-refractivity contribution is 5.87. The Kier molecular flexibility index (Phi) is 6.58. The van der Waals surface area contributed by atoms with Crippen LogP contribution < -0.4 is 11.1 Å². The van der Waals surface area contributed by atoms with Crippen LogP contribution in [0.3, 0.4) is 0 Å². The molecule has 19 heavy (non-hydrogen) atoms. The van der Waals surface area contributed by atoms with Gasteiger partial charge in [-0.1, -0.05) is 0 Å². The molecular formula is C13H24ClN3O2. The molecule has 110 valence electrons. The number of likely N-dealkylation sites (tertiary alicyclic amines) is 1. The predicted molar refractivity (Wildman–Crippen MR) is 76.0 cm³/mol. The first-order valence-electron chi connectivity index (χ1n) is 6.98. The number of piperidine rings is 1. The number of halogens is 1. The number of nitrogens with two attached hydrogens (primary N) is 1. The van der Waals surface area contributed by atoms with Gasteiger partial charge in [0, 0.05) is 13.0 Å². The maximum Gasteiger partial charge on any atom is 0.240 e. The van der Waals surface area contributed by atoms with E-state index < -0.39 is 0 Å². The quantitative estimate of drug-likeness (QED) is 0.798. The zero-order valence-electron chi connectivity index (χ0n) is 11.3. The number of primary amides is 1. The van der Waals surface area contributed by atoms with Crippen molar-refractivity contribution in [2.75, 3.05) is 19.6 Å². The second-order valence-electron chi connectivity index (χ2n) is 5.38. The van der Waals surface area contributed by atoms with Crippen LogP contribution in [0.25, 0.3) is 0 Å². The number of hydrogen-bond acceptors (Lipinski definition) is 3. The molecule has 6 heteroatoms. The van der Waals surface area contributed by atoms with Gasteiger partial charge < -0.3 is 16.0 Å². The van der Waals surface area contributed by atoms with Gasteiger partial charge in [-0.3, -0.25) is 9.59 Å². The summed E-state index contributed by atoms with van der Waals surface area (Å²) < 4.78 is 0. The summed E-state index contributed by atoms with van der Waals surface area (Å²) in [6.45, 7) is 2.82. The number of carbonyl (C=O) groups is 2. The average Bonchev–Trinajstić information content (AvgIpc) is 2.86. The van der Waals surface area contributed by atoms with Crippen LogP contribution in [-0.4, -0.2) is 42.4 Å². The van der Waals surface area contributed by atoms with E-state index >= 15 is 0 Å². The number of nitrogens with zero attached hydrogens (tertiary/aromatic N) is 1. The molecule has 0 aromatic rings. The topological polar surface area (TPSA) is 75.4 Å². The van der Waals surface area contributed by atoms with E-state index in [0.717, 1.165) is 45.2 Å². The average molecular weight is 290 g/mol. The standard InChI is InChI=1S/C13H23N3O2.ClH/c14-13(18)11-2-1-9-16(11)12(17)4-3-10-5-7-15-8-6-10;/h10-11,15H,1-9H2,(H2,14,18);1H. The van der Waals surface area contributed by atoms with Crippen LogP contribution in [0.1, 0.15) is 38.5 Å². The van der Waals surface area contributed by atoms with E-state index in [1.165, 1.54) is 0 Å². The monoisotopic (exact) mass is 289 g/mol. The van der Waals surface area contributed by atoms with Crippen molar-refractivity contribution in [2.45, 2.75) is 44.6 Å². The van der Waals surface area contributed by atoms with Gasteiger partial charge in [-0.2, -0.15) is 0 Å². The van der Waals surface area contributed by atoms with Crippen LogP contribution >= 0.6 is 12.4 Å². The van der Waals surface area contributed by atoms with Gasteiger partial charge in [0.2, 0.25) is 11.8 Å². The minimum absolute atomic E-state index is 0. The summed E-state index contributed by atoms with van der Waals surface area (Å²) in [5.41, 5.74) is 5.32. The number of hydrogen-bond donors (Lipinski definition) is 2. The molecule has 0 aliphatic carbocycles. The number of rotatable bonds is 4. The SMILES string of the molecule is Cl.NC(=O)C1CCCN1C(=O)CCC1CCNCC1. The smallest absolute Gasteiger partial charge is 0.240 e. The first-order valence-corrected chi connectivity index (χ1v) is 6.98. The van der Waals surface area contributed by atoms with Crippen LogP contribution in [0.4, 0.5) is 0 Å². The van der Waals surface area contributed by atoms with E-state index in [1.807, 2.05) is 0 Å². The summed E-state index contributed by atoms with van der Waals surface area (Å²) in [5.74, 6) is 0.405. The van der Waals surface area contributed by atoms with Crippen molar-refractivity contribution in [3.63, 3.8) is 0 Å². The van der Waals surface area contributed by atoms with Gasteiger partial charge in [-0.05, 0) is 51.1 Å². The Labute approximate surface area is 120 Å². The Bertz CT molecular complexity index is 319. The van der Waals surface area contributed by atoms with Crippen LogP contribution in [0.15, 0.2) is 0 Å². The highest BCUT2D eigenvalue weighted by atomic mass is 35.5. The van der Waals surface area contributed by atoms with Crippen molar-refractivity contribution in [3.8, 4) is 0 Å². The third-order valence-electron chi connectivity index (χ3n) is 4.13. The number of nitrogens with one attached hydrogen (secondary N) is 1. The summed E-state index contributed by atoms with van der Waals surface area (Å²) in [6.07, 6.45) is 5.46. The molecule has 1 atom stereocenters. The molecule has 2 rings (SSSR count). The van der Waals surface area contributed by atoms with Crippen molar-refractivity contribution in [2.24, 2.45) is 11.7 Å². The van der Waals surface area contributed by atoms with Crippen LogP contribution in [-0.2, 0) is 9.59 Å². The molecule has 2 heterocycles. The summed E-state index contributed by atoms with van der Waals surface area (Å²) >= 11 is 0. The summed E-state index contributed by atoms with van der Waals surface area (Å²) in [6, 6.07) is -0.356. The van der Waals surface area contributed by atoms with E-state index in [0.29, 0.717) is 18.9 Å². The minimum atomic E-state index is -0.359. The lowest BCUT2D eigenvalue weighted by Crippen LogP contribution is -2.43. The van der Waals surface area contributed by atoms with Gasteiger partial charge in [0.25, 0.3) is 0 Å². The predicted octanol–water partition coefficient (Wildman–Crippen LogP) is 0.664. The number of carbonyl (C=O) groups excluding carboxylic acids is 2. The summed E-state index contributed by atoms with van der Waals surface area (Å²) in [7, 11) is 0. The van der Waals surface area contributed by atoms with Gasteiger partial charge in [-0.15, -0.1) is 12.4 Å². The minimum Gasteiger partial charge on any atom is -0.368 e. The van der Waals surface area contributed by atoms with Gasteiger partial charge in [-0.25, -0.2) is 0 Å². The lowest BCUT2D eigenvalue weighted by atomic mass is 9.93. The molecule has 0 aromatic carbocycles. The Hall–Kier alpha value is -0.810.